The maximum atomic E-state index is 11.4. The summed E-state index contributed by atoms with van der Waals surface area (Å²) in [4.78, 5) is 23.2. The molecule has 0 aliphatic rings. The first-order valence-electron chi connectivity index (χ1n) is 5.88. The summed E-state index contributed by atoms with van der Waals surface area (Å²) in [6.07, 6.45) is 0. The van der Waals surface area contributed by atoms with Crippen LogP contribution in [0.4, 0.5) is 11.4 Å². The maximum absolute atomic E-state index is 11.4. The van der Waals surface area contributed by atoms with Crippen LogP contribution in [0.15, 0.2) is 18.2 Å². The Kier molecular flexibility index (Phi) is 5.03. The number of rotatable bonds is 5. The number of esters is 1. The molecule has 1 atom stereocenters. The van der Waals surface area contributed by atoms with Crippen molar-refractivity contribution in [3.63, 3.8) is 0 Å². The Morgan fingerprint density at radius 1 is 1.60 bits per heavy atom. The molecule has 20 heavy (non-hydrogen) atoms. The van der Waals surface area contributed by atoms with Gasteiger partial charge >= 0.3 is 5.97 Å². The zero-order valence-electron chi connectivity index (χ0n) is 11.5. The van der Waals surface area contributed by atoms with Crippen LogP contribution < -0.4 is 4.90 Å². The van der Waals surface area contributed by atoms with Gasteiger partial charge in [-0.15, -0.1) is 0 Å². The lowest BCUT2D eigenvalue weighted by Crippen LogP contribution is -2.29. The molecule has 0 saturated heterocycles. The number of benzene rings is 1. The Morgan fingerprint density at radius 3 is 2.75 bits per heavy atom. The van der Waals surface area contributed by atoms with Gasteiger partial charge in [-0.05, 0) is 6.07 Å². The smallest absolute Gasteiger partial charge is 0.310 e. The average Bonchev–Trinajstić information content (AvgIpc) is 2.45. The Labute approximate surface area is 116 Å². The molecule has 0 unspecified atom stereocenters. The largest absolute Gasteiger partial charge is 0.469 e. The van der Waals surface area contributed by atoms with Gasteiger partial charge in [-0.3, -0.25) is 14.9 Å². The van der Waals surface area contributed by atoms with Crippen LogP contribution in [-0.4, -0.2) is 31.6 Å². The monoisotopic (exact) mass is 277 g/mol. The number of nitrogens with zero attached hydrogens (tertiary/aromatic N) is 3. The Bertz CT molecular complexity index is 565. The summed E-state index contributed by atoms with van der Waals surface area (Å²) >= 11 is 0. The first-order valence-corrected chi connectivity index (χ1v) is 5.88. The fraction of sp³-hybridized carbons (Fsp3) is 0.385. The fourth-order valence-corrected chi connectivity index (χ4v) is 1.84. The van der Waals surface area contributed by atoms with E-state index in [1.54, 1.807) is 18.9 Å². The lowest BCUT2D eigenvalue weighted by Gasteiger charge is -2.23. The number of carbonyl (C=O) groups is 1. The SMILES string of the molecule is COC(=O)[C@H](C)CN(C)c1ccc([N+](=O)[O-])cc1C#N. The second kappa shape index (κ2) is 6.52. The summed E-state index contributed by atoms with van der Waals surface area (Å²) in [5.41, 5.74) is 0.590. The average molecular weight is 277 g/mol. The normalized spacial score (nSPS) is 11.3. The maximum Gasteiger partial charge on any atom is 0.310 e. The van der Waals surface area contributed by atoms with Gasteiger partial charge in [0, 0.05) is 25.7 Å². The highest BCUT2D eigenvalue weighted by Gasteiger charge is 2.19. The quantitative estimate of drug-likeness (QED) is 0.462. The van der Waals surface area contributed by atoms with Crippen molar-refractivity contribution in [1.29, 1.82) is 5.26 Å². The van der Waals surface area contributed by atoms with E-state index in [-0.39, 0.29) is 23.1 Å². The molecule has 0 saturated carbocycles. The van der Waals surface area contributed by atoms with Gasteiger partial charge in [0.05, 0.1) is 29.2 Å². The van der Waals surface area contributed by atoms with Crippen molar-refractivity contribution in [1.82, 2.24) is 0 Å². The van der Waals surface area contributed by atoms with Gasteiger partial charge in [-0.1, -0.05) is 6.92 Å². The Morgan fingerprint density at radius 2 is 2.25 bits per heavy atom. The standard InChI is InChI=1S/C13H15N3O4/c1-9(13(17)20-3)8-15(2)12-5-4-11(16(18)19)6-10(12)7-14/h4-6,9H,8H2,1-3H3/t9-/m1/s1. The summed E-state index contributed by atoms with van der Waals surface area (Å²) in [5, 5.41) is 19.7. The molecule has 0 aliphatic heterocycles. The molecule has 7 nitrogen and oxygen atoms in total. The number of nitro groups is 1. The molecule has 7 heteroatoms. The predicted octanol–water partition coefficient (Wildman–Crippen LogP) is 1.71. The molecule has 0 N–H and O–H groups in total. The molecular formula is C13H15N3O4. The van der Waals surface area contributed by atoms with Crippen molar-refractivity contribution < 1.29 is 14.5 Å². The zero-order chi connectivity index (χ0) is 15.3. The van der Waals surface area contributed by atoms with Crippen molar-refractivity contribution in [2.45, 2.75) is 6.92 Å². The number of non-ortho nitro benzene ring substituents is 1. The first-order chi connectivity index (χ1) is 9.40. The van der Waals surface area contributed by atoms with E-state index in [9.17, 15) is 14.9 Å². The summed E-state index contributed by atoms with van der Waals surface area (Å²) in [7, 11) is 3.02. The third kappa shape index (κ3) is 3.45. The predicted molar refractivity (Wildman–Crippen MR) is 72.3 cm³/mol. The van der Waals surface area contributed by atoms with E-state index in [1.807, 2.05) is 6.07 Å². The van der Waals surface area contributed by atoms with Crippen LogP contribution in [0.3, 0.4) is 0 Å². The molecule has 0 bridgehead atoms. The third-order valence-electron chi connectivity index (χ3n) is 2.87. The van der Waals surface area contributed by atoms with Gasteiger partial charge in [-0.2, -0.15) is 5.26 Å². The number of hydrogen-bond donors (Lipinski definition) is 0. The minimum atomic E-state index is -0.554. The molecule has 0 fully saturated rings. The lowest BCUT2D eigenvalue weighted by molar-refractivity contribution is -0.384. The third-order valence-corrected chi connectivity index (χ3v) is 2.87. The first kappa shape index (κ1) is 15.4. The number of nitriles is 1. The van der Waals surface area contributed by atoms with Crippen molar-refractivity contribution in [3.8, 4) is 6.07 Å². The summed E-state index contributed by atoms with van der Waals surface area (Å²) in [6.45, 7) is 2.05. The van der Waals surface area contributed by atoms with E-state index < -0.39 is 4.92 Å². The lowest BCUT2D eigenvalue weighted by atomic mass is 10.1. The van der Waals surface area contributed by atoms with Gasteiger partial charge in [0.1, 0.15) is 6.07 Å². The molecule has 1 rings (SSSR count). The topological polar surface area (TPSA) is 96.5 Å². The van der Waals surface area contributed by atoms with E-state index in [0.29, 0.717) is 12.2 Å². The molecule has 0 aliphatic carbocycles. The molecule has 0 aromatic heterocycles. The summed E-state index contributed by atoms with van der Waals surface area (Å²) < 4.78 is 4.64. The number of anilines is 1. The van der Waals surface area contributed by atoms with Crippen molar-refractivity contribution in [3.05, 3.63) is 33.9 Å². The highest BCUT2D eigenvalue weighted by Crippen LogP contribution is 2.24. The van der Waals surface area contributed by atoms with Crippen LogP contribution in [0.5, 0.6) is 0 Å². The fourth-order valence-electron chi connectivity index (χ4n) is 1.84. The molecule has 0 spiro atoms. The molecule has 0 heterocycles. The number of nitro benzene ring substituents is 1. The van der Waals surface area contributed by atoms with Gasteiger partial charge < -0.3 is 9.64 Å². The van der Waals surface area contributed by atoms with Crippen LogP contribution in [0, 0.1) is 27.4 Å². The highest BCUT2D eigenvalue weighted by molar-refractivity contribution is 5.73. The second-order valence-corrected chi connectivity index (χ2v) is 4.38. The number of methoxy groups -OCH3 is 1. The summed E-state index contributed by atoms with van der Waals surface area (Å²) in [5.74, 6) is -0.719. The van der Waals surface area contributed by atoms with Crippen LogP contribution in [0.1, 0.15) is 12.5 Å². The van der Waals surface area contributed by atoms with Crippen molar-refractivity contribution in [2.24, 2.45) is 5.92 Å². The van der Waals surface area contributed by atoms with E-state index in [0.717, 1.165) is 0 Å². The molecule has 1 aromatic carbocycles. The van der Waals surface area contributed by atoms with Crippen LogP contribution in [-0.2, 0) is 9.53 Å². The van der Waals surface area contributed by atoms with E-state index in [1.165, 1.54) is 25.3 Å². The van der Waals surface area contributed by atoms with Crippen LogP contribution >= 0.6 is 0 Å². The van der Waals surface area contributed by atoms with Crippen molar-refractivity contribution in [2.75, 3.05) is 25.6 Å². The molecule has 1 aromatic rings. The van der Waals surface area contributed by atoms with Crippen molar-refractivity contribution >= 4 is 17.3 Å². The van der Waals surface area contributed by atoms with Gasteiger partial charge in [0.2, 0.25) is 0 Å². The van der Waals surface area contributed by atoms with E-state index in [4.69, 9.17) is 5.26 Å². The molecular weight excluding hydrogens is 262 g/mol. The van der Waals surface area contributed by atoms with Gasteiger partial charge in [0.25, 0.3) is 5.69 Å². The second-order valence-electron chi connectivity index (χ2n) is 4.38. The van der Waals surface area contributed by atoms with Gasteiger partial charge in [0.15, 0.2) is 0 Å². The Hall–Kier alpha value is -2.62. The highest BCUT2D eigenvalue weighted by atomic mass is 16.6. The summed E-state index contributed by atoms with van der Waals surface area (Å²) in [6, 6.07) is 5.97. The Balaban J connectivity index is 2.99. The van der Waals surface area contributed by atoms with Crippen LogP contribution in [0.25, 0.3) is 0 Å². The van der Waals surface area contributed by atoms with E-state index >= 15 is 0 Å². The number of carbonyl (C=O) groups excluding carboxylic acids is 1. The van der Waals surface area contributed by atoms with E-state index in [2.05, 4.69) is 4.74 Å². The zero-order valence-corrected chi connectivity index (χ0v) is 11.5. The minimum Gasteiger partial charge on any atom is -0.469 e. The number of ether oxygens (including phenoxy) is 1. The molecule has 0 radical (unpaired) electrons. The molecule has 0 amide bonds. The van der Waals surface area contributed by atoms with Gasteiger partial charge in [-0.25, -0.2) is 0 Å². The number of hydrogen-bond acceptors (Lipinski definition) is 6. The minimum absolute atomic E-state index is 0.139. The molecule has 106 valence electrons. The van der Waals surface area contributed by atoms with Crippen LogP contribution in [0.2, 0.25) is 0 Å².